The lowest BCUT2D eigenvalue weighted by molar-refractivity contribution is -0.130. The van der Waals surface area contributed by atoms with Crippen LogP contribution >= 0.6 is 0 Å². The highest BCUT2D eigenvalue weighted by Crippen LogP contribution is 2.21. The van der Waals surface area contributed by atoms with Crippen LogP contribution in [0.25, 0.3) is 11.3 Å². The molecule has 0 aliphatic rings. The van der Waals surface area contributed by atoms with E-state index >= 15 is 0 Å². The van der Waals surface area contributed by atoms with Gasteiger partial charge in [-0.2, -0.15) is 0 Å². The molecule has 0 spiro atoms. The molecule has 3 rings (SSSR count). The number of furan rings is 1. The number of oxazole rings is 1. The molecule has 3 aromatic rings. The number of benzene rings is 1. The van der Waals surface area contributed by atoms with Gasteiger partial charge in [0.1, 0.15) is 17.1 Å². The van der Waals surface area contributed by atoms with Crippen LogP contribution < -0.4 is 0 Å². The molecular formula is C20H20N2O5. The minimum atomic E-state index is -1.05. The first-order chi connectivity index (χ1) is 12.9. The van der Waals surface area contributed by atoms with E-state index in [4.69, 9.17) is 13.9 Å². The Bertz CT molecular complexity index is 942. The Morgan fingerprint density at radius 3 is 2.59 bits per heavy atom. The molecule has 27 heavy (non-hydrogen) atoms. The van der Waals surface area contributed by atoms with Gasteiger partial charge in [0.2, 0.25) is 5.91 Å². The minimum Gasteiger partial charge on any atom is -0.478 e. The molecule has 1 amide bonds. The van der Waals surface area contributed by atoms with Crippen molar-refractivity contribution < 1.29 is 23.5 Å². The predicted octanol–water partition coefficient (Wildman–Crippen LogP) is 3.53. The Labute approximate surface area is 156 Å². The topological polar surface area (TPSA) is 96.8 Å². The van der Waals surface area contributed by atoms with Gasteiger partial charge in [-0.15, -0.1) is 0 Å². The summed E-state index contributed by atoms with van der Waals surface area (Å²) in [6.07, 6.45) is 2.27. The first-order valence-corrected chi connectivity index (χ1v) is 8.50. The van der Waals surface area contributed by atoms with Crippen molar-refractivity contribution in [2.45, 2.75) is 26.3 Å². The number of amides is 1. The third kappa shape index (κ3) is 4.44. The average Bonchev–Trinajstić information content (AvgIpc) is 3.27. The molecule has 0 saturated carbocycles. The summed E-state index contributed by atoms with van der Waals surface area (Å²) in [5.41, 5.74) is 1.04. The third-order valence-electron chi connectivity index (χ3n) is 4.18. The molecule has 0 aliphatic heterocycles. The molecule has 0 aliphatic carbocycles. The van der Waals surface area contributed by atoms with E-state index < -0.39 is 5.97 Å². The van der Waals surface area contributed by atoms with Crippen molar-refractivity contribution in [3.8, 4) is 11.3 Å². The van der Waals surface area contributed by atoms with E-state index in [1.165, 1.54) is 11.0 Å². The molecule has 0 saturated heterocycles. The Hall–Kier alpha value is -3.35. The molecule has 0 atom stereocenters. The zero-order chi connectivity index (χ0) is 19.4. The van der Waals surface area contributed by atoms with E-state index in [0.717, 1.165) is 5.56 Å². The van der Waals surface area contributed by atoms with E-state index in [2.05, 4.69) is 4.98 Å². The molecule has 0 fully saturated rings. The second-order valence-electron chi connectivity index (χ2n) is 6.22. The monoisotopic (exact) mass is 368 g/mol. The minimum absolute atomic E-state index is 0.110. The summed E-state index contributed by atoms with van der Waals surface area (Å²) in [6.45, 7) is 1.79. The van der Waals surface area contributed by atoms with E-state index in [1.54, 1.807) is 20.2 Å². The van der Waals surface area contributed by atoms with Crippen LogP contribution in [0.15, 0.2) is 51.4 Å². The standard InChI is InChI=1S/C20H20N2O5/c1-13-16(20(24)25)10-15(26-13)12-22(2)19(23)9-8-18-21-11-17(27-18)14-6-4-3-5-7-14/h3-7,10-11H,8-9,12H2,1-2H3,(H,24,25). The Morgan fingerprint density at radius 1 is 1.19 bits per heavy atom. The van der Waals surface area contributed by atoms with Crippen LogP contribution in [0.2, 0.25) is 0 Å². The summed E-state index contributed by atoms with van der Waals surface area (Å²) in [6, 6.07) is 11.1. The van der Waals surface area contributed by atoms with Gasteiger partial charge in [0.05, 0.1) is 12.7 Å². The van der Waals surface area contributed by atoms with Gasteiger partial charge in [0.25, 0.3) is 0 Å². The number of carboxylic acid groups (broad SMARTS) is 1. The number of rotatable bonds is 7. The maximum atomic E-state index is 12.3. The molecule has 7 heteroatoms. The zero-order valence-electron chi connectivity index (χ0n) is 15.1. The number of hydrogen-bond acceptors (Lipinski definition) is 5. The molecule has 2 aromatic heterocycles. The summed E-state index contributed by atoms with van der Waals surface area (Å²) in [7, 11) is 1.64. The van der Waals surface area contributed by atoms with E-state index in [9.17, 15) is 9.59 Å². The van der Waals surface area contributed by atoms with Crippen LogP contribution in [-0.2, 0) is 17.8 Å². The van der Waals surface area contributed by atoms with E-state index in [1.807, 2.05) is 30.3 Å². The van der Waals surface area contributed by atoms with Gasteiger partial charge in [0, 0.05) is 25.5 Å². The number of carbonyl (C=O) groups is 2. The fourth-order valence-electron chi connectivity index (χ4n) is 2.72. The van der Waals surface area contributed by atoms with Crippen molar-refractivity contribution in [1.82, 2.24) is 9.88 Å². The van der Waals surface area contributed by atoms with Crippen LogP contribution in [0.3, 0.4) is 0 Å². The van der Waals surface area contributed by atoms with Crippen molar-refractivity contribution in [3.05, 3.63) is 65.6 Å². The molecule has 7 nitrogen and oxygen atoms in total. The molecule has 2 heterocycles. The number of nitrogens with zero attached hydrogens (tertiary/aromatic N) is 2. The largest absolute Gasteiger partial charge is 0.478 e. The lowest BCUT2D eigenvalue weighted by atomic mass is 10.2. The number of carboxylic acids is 1. The first-order valence-electron chi connectivity index (χ1n) is 8.50. The molecule has 1 N–H and O–H groups in total. The summed E-state index contributed by atoms with van der Waals surface area (Å²) in [4.78, 5) is 29.1. The van der Waals surface area contributed by atoms with Gasteiger partial charge in [0.15, 0.2) is 11.7 Å². The van der Waals surface area contributed by atoms with Gasteiger partial charge in [-0.25, -0.2) is 9.78 Å². The second-order valence-corrected chi connectivity index (χ2v) is 6.22. The molecule has 0 bridgehead atoms. The molecule has 1 aromatic carbocycles. The normalized spacial score (nSPS) is 10.7. The molecule has 140 valence electrons. The van der Waals surface area contributed by atoms with Crippen LogP contribution in [-0.4, -0.2) is 33.9 Å². The van der Waals surface area contributed by atoms with Crippen LogP contribution in [0.4, 0.5) is 0 Å². The predicted molar refractivity (Wildman–Crippen MR) is 97.1 cm³/mol. The zero-order valence-corrected chi connectivity index (χ0v) is 15.1. The van der Waals surface area contributed by atoms with Crippen molar-refractivity contribution in [1.29, 1.82) is 0 Å². The Balaban J connectivity index is 1.55. The van der Waals surface area contributed by atoms with Crippen LogP contribution in [0.5, 0.6) is 0 Å². The number of aromatic carboxylic acids is 1. The third-order valence-corrected chi connectivity index (χ3v) is 4.18. The lowest BCUT2D eigenvalue weighted by Gasteiger charge is -2.15. The number of aromatic nitrogens is 1. The average molecular weight is 368 g/mol. The highest BCUT2D eigenvalue weighted by molar-refractivity contribution is 5.88. The van der Waals surface area contributed by atoms with Crippen molar-refractivity contribution in [2.24, 2.45) is 0 Å². The van der Waals surface area contributed by atoms with E-state index in [0.29, 0.717) is 29.6 Å². The SMILES string of the molecule is Cc1oc(CN(C)C(=O)CCc2ncc(-c3ccccc3)o2)cc1C(=O)O. The molecular weight excluding hydrogens is 348 g/mol. The molecule has 0 unspecified atom stereocenters. The number of hydrogen-bond donors (Lipinski definition) is 1. The first kappa shape index (κ1) is 18.4. The van der Waals surface area contributed by atoms with Crippen molar-refractivity contribution >= 4 is 11.9 Å². The summed E-state index contributed by atoms with van der Waals surface area (Å²) < 4.78 is 11.1. The van der Waals surface area contributed by atoms with Crippen molar-refractivity contribution in [3.63, 3.8) is 0 Å². The highest BCUT2D eigenvalue weighted by Gasteiger charge is 2.17. The van der Waals surface area contributed by atoms with Crippen molar-refractivity contribution in [2.75, 3.05) is 7.05 Å². The fourth-order valence-corrected chi connectivity index (χ4v) is 2.72. The van der Waals surface area contributed by atoms with Gasteiger partial charge < -0.3 is 18.8 Å². The fraction of sp³-hybridized carbons (Fsp3) is 0.250. The second kappa shape index (κ2) is 7.90. The lowest BCUT2D eigenvalue weighted by Crippen LogP contribution is -2.26. The summed E-state index contributed by atoms with van der Waals surface area (Å²) in [5, 5.41) is 9.06. The van der Waals surface area contributed by atoms with Gasteiger partial charge in [-0.05, 0) is 13.0 Å². The smallest absolute Gasteiger partial charge is 0.339 e. The Kier molecular flexibility index (Phi) is 5.40. The Morgan fingerprint density at radius 2 is 1.93 bits per heavy atom. The quantitative estimate of drug-likeness (QED) is 0.685. The van der Waals surface area contributed by atoms with Gasteiger partial charge in [-0.1, -0.05) is 30.3 Å². The van der Waals surface area contributed by atoms with Crippen LogP contribution in [0, 0.1) is 6.92 Å². The van der Waals surface area contributed by atoms with Gasteiger partial charge in [-0.3, -0.25) is 4.79 Å². The highest BCUT2D eigenvalue weighted by atomic mass is 16.4. The van der Waals surface area contributed by atoms with Gasteiger partial charge >= 0.3 is 5.97 Å². The number of aryl methyl sites for hydroxylation is 2. The summed E-state index contributed by atoms with van der Waals surface area (Å²) >= 11 is 0. The van der Waals surface area contributed by atoms with E-state index in [-0.39, 0.29) is 24.4 Å². The maximum absolute atomic E-state index is 12.3. The molecule has 0 radical (unpaired) electrons. The van der Waals surface area contributed by atoms with Crippen LogP contribution in [0.1, 0.15) is 34.2 Å². The maximum Gasteiger partial charge on any atom is 0.339 e. The summed E-state index contributed by atoms with van der Waals surface area (Å²) in [5.74, 6) is 0.765. The number of carbonyl (C=O) groups excluding carboxylic acids is 1.